The number of fused-ring (bicyclic) bond motifs is 2. The number of carbonyl (C=O) groups is 2. The lowest BCUT2D eigenvalue weighted by Crippen LogP contribution is -2.67. The first-order valence-corrected chi connectivity index (χ1v) is 7.01. The van der Waals surface area contributed by atoms with Crippen molar-refractivity contribution in [2.75, 3.05) is 25.0 Å². The van der Waals surface area contributed by atoms with Crippen molar-refractivity contribution in [1.29, 1.82) is 0 Å². The van der Waals surface area contributed by atoms with E-state index in [0.29, 0.717) is 32.0 Å². The molecule has 0 aromatic carbocycles. The third-order valence-corrected chi connectivity index (χ3v) is 3.96. The van der Waals surface area contributed by atoms with E-state index in [1.165, 1.54) is 0 Å². The van der Waals surface area contributed by atoms with Crippen LogP contribution in [0, 0.1) is 0 Å². The number of anilines is 1. The van der Waals surface area contributed by atoms with E-state index in [-0.39, 0.29) is 17.5 Å². The minimum Gasteiger partial charge on any atom is -0.338 e. The molecule has 20 heavy (non-hydrogen) atoms. The largest absolute Gasteiger partial charge is 0.338 e. The fourth-order valence-electron chi connectivity index (χ4n) is 2.89. The summed E-state index contributed by atoms with van der Waals surface area (Å²) in [4.78, 5) is 29.6. The van der Waals surface area contributed by atoms with Gasteiger partial charge in [0, 0.05) is 32.0 Å². The standard InChI is InChI=1S/C13H19N5O2/c1-2-3-4-15-12(20)17-8-13(9-17)7-10(19)16-11-14-5-6-18(11)13/h5-6H,2-4,7-9H2,1H3,(H,15,20)(H,14,16,19). The first-order valence-electron chi connectivity index (χ1n) is 7.01. The van der Waals surface area contributed by atoms with E-state index in [1.54, 1.807) is 11.1 Å². The Kier molecular flexibility index (Phi) is 3.11. The van der Waals surface area contributed by atoms with Crippen molar-refractivity contribution in [2.45, 2.75) is 31.7 Å². The second-order valence-corrected chi connectivity index (χ2v) is 5.51. The third kappa shape index (κ3) is 2.03. The van der Waals surface area contributed by atoms with Crippen LogP contribution in [0.3, 0.4) is 0 Å². The van der Waals surface area contributed by atoms with Crippen LogP contribution in [-0.4, -0.2) is 46.0 Å². The molecule has 108 valence electrons. The summed E-state index contributed by atoms with van der Waals surface area (Å²) in [5.74, 6) is 0.544. The van der Waals surface area contributed by atoms with Gasteiger partial charge in [0.05, 0.1) is 12.0 Å². The van der Waals surface area contributed by atoms with E-state index in [4.69, 9.17) is 0 Å². The first kappa shape index (κ1) is 13.0. The van der Waals surface area contributed by atoms with E-state index in [1.807, 2.05) is 10.8 Å². The van der Waals surface area contributed by atoms with Gasteiger partial charge in [0.25, 0.3) is 0 Å². The van der Waals surface area contributed by atoms with Gasteiger partial charge in [-0.25, -0.2) is 9.78 Å². The minimum absolute atomic E-state index is 0.0326. The second kappa shape index (κ2) is 4.81. The highest BCUT2D eigenvalue weighted by Gasteiger charge is 2.51. The highest BCUT2D eigenvalue weighted by atomic mass is 16.2. The van der Waals surface area contributed by atoms with E-state index in [9.17, 15) is 9.59 Å². The van der Waals surface area contributed by atoms with Gasteiger partial charge in [0.1, 0.15) is 0 Å². The number of carbonyl (C=O) groups excluding carboxylic acids is 2. The molecule has 0 radical (unpaired) electrons. The minimum atomic E-state index is -0.309. The monoisotopic (exact) mass is 277 g/mol. The summed E-state index contributed by atoms with van der Waals surface area (Å²) >= 11 is 0. The first-order chi connectivity index (χ1) is 9.64. The van der Waals surface area contributed by atoms with Gasteiger partial charge < -0.3 is 14.8 Å². The Labute approximate surface area is 117 Å². The van der Waals surface area contributed by atoms with Gasteiger partial charge in [-0.05, 0) is 6.42 Å². The number of rotatable bonds is 3. The van der Waals surface area contributed by atoms with Crippen LogP contribution < -0.4 is 10.6 Å². The zero-order chi connectivity index (χ0) is 14.2. The number of unbranched alkanes of at least 4 members (excludes halogenated alkanes) is 1. The number of imidazole rings is 1. The molecule has 3 heterocycles. The lowest BCUT2D eigenvalue weighted by atomic mass is 9.84. The Morgan fingerprint density at radius 1 is 1.55 bits per heavy atom. The summed E-state index contributed by atoms with van der Waals surface area (Å²) in [6.45, 7) is 3.91. The van der Waals surface area contributed by atoms with Crippen LogP contribution >= 0.6 is 0 Å². The normalized spacial score (nSPS) is 19.2. The molecule has 1 saturated heterocycles. The Balaban J connectivity index is 1.65. The highest BCUT2D eigenvalue weighted by Crippen LogP contribution is 2.37. The predicted octanol–water partition coefficient (Wildman–Crippen LogP) is 0.746. The van der Waals surface area contributed by atoms with E-state index in [0.717, 1.165) is 12.8 Å². The lowest BCUT2D eigenvalue weighted by Gasteiger charge is -2.52. The topological polar surface area (TPSA) is 79.3 Å². The number of urea groups is 1. The molecule has 0 bridgehead atoms. The number of nitrogens with zero attached hydrogens (tertiary/aromatic N) is 3. The Hall–Kier alpha value is -2.05. The molecular weight excluding hydrogens is 258 g/mol. The number of amides is 3. The molecule has 1 aromatic rings. The molecular formula is C13H19N5O2. The van der Waals surface area contributed by atoms with Crippen molar-refractivity contribution in [3.8, 4) is 0 Å². The summed E-state index contributed by atoms with van der Waals surface area (Å²) in [5.41, 5.74) is -0.309. The molecule has 2 aliphatic rings. The molecule has 1 aromatic heterocycles. The third-order valence-electron chi connectivity index (χ3n) is 3.96. The summed E-state index contributed by atoms with van der Waals surface area (Å²) in [6.07, 6.45) is 5.98. The van der Waals surface area contributed by atoms with Gasteiger partial charge in [-0.2, -0.15) is 0 Å². The van der Waals surface area contributed by atoms with Crippen LogP contribution in [0.1, 0.15) is 26.2 Å². The number of hydrogen-bond acceptors (Lipinski definition) is 3. The molecule has 2 aliphatic heterocycles. The Morgan fingerprint density at radius 3 is 3.10 bits per heavy atom. The maximum Gasteiger partial charge on any atom is 0.317 e. The van der Waals surface area contributed by atoms with Crippen LogP contribution in [0.2, 0.25) is 0 Å². The van der Waals surface area contributed by atoms with Crippen molar-refractivity contribution in [1.82, 2.24) is 19.8 Å². The molecule has 1 spiro atoms. The van der Waals surface area contributed by atoms with E-state index >= 15 is 0 Å². The molecule has 1 fully saturated rings. The van der Waals surface area contributed by atoms with Crippen LogP contribution in [0.4, 0.5) is 10.7 Å². The highest BCUT2D eigenvalue weighted by molar-refractivity contribution is 5.92. The number of hydrogen-bond donors (Lipinski definition) is 2. The van der Waals surface area contributed by atoms with Gasteiger partial charge in [0.15, 0.2) is 0 Å². The van der Waals surface area contributed by atoms with Crippen molar-refractivity contribution in [3.05, 3.63) is 12.4 Å². The average Bonchev–Trinajstić information content (AvgIpc) is 2.83. The van der Waals surface area contributed by atoms with E-state index in [2.05, 4.69) is 22.5 Å². The molecule has 7 nitrogen and oxygen atoms in total. The SMILES string of the molecule is CCCCNC(=O)N1CC2(CC(=O)Nc3nccn32)C1. The summed E-state index contributed by atoms with van der Waals surface area (Å²) in [7, 11) is 0. The molecule has 0 atom stereocenters. The van der Waals surface area contributed by atoms with E-state index < -0.39 is 0 Å². The van der Waals surface area contributed by atoms with Crippen molar-refractivity contribution < 1.29 is 9.59 Å². The quantitative estimate of drug-likeness (QED) is 0.800. The molecule has 2 N–H and O–H groups in total. The van der Waals surface area contributed by atoms with Crippen molar-refractivity contribution >= 4 is 17.9 Å². The fourth-order valence-corrected chi connectivity index (χ4v) is 2.89. The Morgan fingerprint density at radius 2 is 2.35 bits per heavy atom. The molecule has 0 unspecified atom stereocenters. The second-order valence-electron chi connectivity index (χ2n) is 5.51. The molecule has 3 rings (SSSR count). The molecule has 0 saturated carbocycles. The van der Waals surface area contributed by atoms with Crippen LogP contribution in [0.15, 0.2) is 12.4 Å². The van der Waals surface area contributed by atoms with Gasteiger partial charge in [0.2, 0.25) is 11.9 Å². The number of likely N-dealkylation sites (tertiary alicyclic amines) is 1. The van der Waals surface area contributed by atoms with Crippen LogP contribution in [0.25, 0.3) is 0 Å². The maximum atomic E-state index is 11.9. The summed E-state index contributed by atoms with van der Waals surface area (Å²) in [6, 6.07) is -0.0447. The maximum absolute atomic E-state index is 11.9. The molecule has 3 amide bonds. The zero-order valence-electron chi connectivity index (χ0n) is 11.6. The van der Waals surface area contributed by atoms with Gasteiger partial charge in [-0.3, -0.25) is 10.1 Å². The number of aromatic nitrogens is 2. The zero-order valence-corrected chi connectivity index (χ0v) is 11.6. The summed E-state index contributed by atoms with van der Waals surface area (Å²) < 4.78 is 1.98. The van der Waals surface area contributed by atoms with Crippen molar-refractivity contribution in [2.24, 2.45) is 0 Å². The fraction of sp³-hybridized carbons (Fsp3) is 0.615. The lowest BCUT2D eigenvalue weighted by molar-refractivity contribution is -0.121. The smallest absolute Gasteiger partial charge is 0.317 e. The predicted molar refractivity (Wildman–Crippen MR) is 73.3 cm³/mol. The van der Waals surface area contributed by atoms with Gasteiger partial charge in [-0.1, -0.05) is 13.3 Å². The number of nitrogens with one attached hydrogen (secondary N) is 2. The van der Waals surface area contributed by atoms with Crippen LogP contribution in [-0.2, 0) is 10.3 Å². The van der Waals surface area contributed by atoms with Crippen molar-refractivity contribution in [3.63, 3.8) is 0 Å². The Bertz CT molecular complexity index is 533. The van der Waals surface area contributed by atoms with Gasteiger partial charge >= 0.3 is 6.03 Å². The van der Waals surface area contributed by atoms with Gasteiger partial charge in [-0.15, -0.1) is 0 Å². The summed E-state index contributed by atoms with van der Waals surface area (Å²) in [5, 5.41) is 5.64. The molecule has 0 aliphatic carbocycles. The molecule has 7 heteroatoms. The van der Waals surface area contributed by atoms with Crippen LogP contribution in [0.5, 0.6) is 0 Å². The average molecular weight is 277 g/mol.